The topological polar surface area (TPSA) is 83.3 Å². The third-order valence-electron chi connectivity index (χ3n) is 3.88. The van der Waals surface area contributed by atoms with Gasteiger partial charge in [0.2, 0.25) is 15.9 Å². The normalized spacial score (nSPS) is 18.2. The van der Waals surface area contributed by atoms with Crippen LogP contribution in [0.15, 0.2) is 47.4 Å². The quantitative estimate of drug-likeness (QED) is 0.849. The van der Waals surface area contributed by atoms with Crippen molar-refractivity contribution in [2.75, 3.05) is 13.1 Å². The summed E-state index contributed by atoms with van der Waals surface area (Å²) in [5.74, 6) is 0.512. The molecule has 1 saturated heterocycles. The van der Waals surface area contributed by atoms with Gasteiger partial charge in [0.05, 0.1) is 23.1 Å². The smallest absolute Gasteiger partial charge is 0.243 e. The summed E-state index contributed by atoms with van der Waals surface area (Å²) >= 11 is 0. The van der Waals surface area contributed by atoms with Crippen LogP contribution in [0.5, 0.6) is 5.88 Å². The molecular weight excluding hydrogens is 326 g/mol. The predicted molar refractivity (Wildman–Crippen MR) is 87.9 cm³/mol. The number of nitrogens with zero attached hydrogens (tertiary/aromatic N) is 3. The maximum atomic E-state index is 12.7. The van der Waals surface area contributed by atoms with Crippen LogP contribution in [-0.4, -0.2) is 36.9 Å². The summed E-state index contributed by atoms with van der Waals surface area (Å²) < 4.78 is 32.5. The lowest BCUT2D eigenvalue weighted by Gasteiger charge is -2.17. The largest absolute Gasteiger partial charge is 0.473 e. The van der Waals surface area contributed by atoms with Gasteiger partial charge in [0.1, 0.15) is 6.10 Å². The fraction of sp³-hybridized carbons (Fsp3) is 0.294. The van der Waals surface area contributed by atoms with Crippen molar-refractivity contribution in [3.05, 3.63) is 53.7 Å². The van der Waals surface area contributed by atoms with E-state index in [-0.39, 0.29) is 17.5 Å². The summed E-state index contributed by atoms with van der Waals surface area (Å²) in [5.41, 5.74) is 1.29. The Morgan fingerprint density at radius 1 is 1.25 bits per heavy atom. The Morgan fingerprint density at radius 3 is 2.67 bits per heavy atom. The highest BCUT2D eigenvalue weighted by Gasteiger charge is 2.33. The van der Waals surface area contributed by atoms with Crippen LogP contribution < -0.4 is 4.74 Å². The van der Waals surface area contributed by atoms with Crippen molar-refractivity contribution >= 4 is 10.0 Å². The van der Waals surface area contributed by atoms with Crippen LogP contribution >= 0.6 is 0 Å². The molecule has 0 amide bonds. The van der Waals surface area contributed by atoms with Gasteiger partial charge < -0.3 is 4.74 Å². The minimum atomic E-state index is -3.57. The Balaban J connectivity index is 1.71. The van der Waals surface area contributed by atoms with Crippen molar-refractivity contribution in [1.29, 1.82) is 5.26 Å². The summed E-state index contributed by atoms with van der Waals surface area (Å²) in [4.78, 5) is 4.47. The van der Waals surface area contributed by atoms with Gasteiger partial charge in [-0.05, 0) is 43.7 Å². The van der Waals surface area contributed by atoms with Crippen LogP contribution in [0.1, 0.15) is 17.7 Å². The maximum Gasteiger partial charge on any atom is 0.243 e. The highest BCUT2D eigenvalue weighted by molar-refractivity contribution is 7.89. The van der Waals surface area contributed by atoms with Crippen molar-refractivity contribution in [2.45, 2.75) is 24.3 Å². The standard InChI is InChI=1S/C17H17N3O3S/c1-13-3-2-4-17(19-13)23-15-9-10-20(12-15)24(21,22)16-7-5-14(11-18)6-8-16/h2-8,15H,9-10,12H2,1H3/t15-/m1/s1. The van der Waals surface area contributed by atoms with Gasteiger partial charge in [0, 0.05) is 18.3 Å². The molecule has 0 radical (unpaired) electrons. The second-order valence-electron chi connectivity index (χ2n) is 5.64. The molecule has 0 aliphatic carbocycles. The molecule has 0 unspecified atom stereocenters. The van der Waals surface area contributed by atoms with E-state index in [2.05, 4.69) is 4.98 Å². The number of hydrogen-bond donors (Lipinski definition) is 0. The highest BCUT2D eigenvalue weighted by Crippen LogP contribution is 2.23. The number of nitriles is 1. The van der Waals surface area contributed by atoms with Crippen molar-refractivity contribution in [1.82, 2.24) is 9.29 Å². The summed E-state index contributed by atoms with van der Waals surface area (Å²) in [6.45, 7) is 2.57. The van der Waals surface area contributed by atoms with Crippen LogP contribution in [0.25, 0.3) is 0 Å². The lowest BCUT2D eigenvalue weighted by atomic mass is 10.2. The van der Waals surface area contributed by atoms with Crippen molar-refractivity contribution < 1.29 is 13.2 Å². The molecule has 1 aromatic heterocycles. The van der Waals surface area contributed by atoms with E-state index in [9.17, 15) is 8.42 Å². The predicted octanol–water partition coefficient (Wildman–Crippen LogP) is 2.10. The van der Waals surface area contributed by atoms with Gasteiger partial charge >= 0.3 is 0 Å². The summed E-state index contributed by atoms with van der Waals surface area (Å²) in [5, 5.41) is 8.80. The van der Waals surface area contributed by atoms with Gasteiger partial charge in [-0.1, -0.05) is 6.07 Å². The molecule has 3 rings (SSSR count). The first-order valence-corrected chi connectivity index (χ1v) is 9.04. The SMILES string of the molecule is Cc1cccc(O[C@@H]2CCN(S(=O)(=O)c3ccc(C#N)cc3)C2)n1. The van der Waals surface area contributed by atoms with Gasteiger partial charge in [-0.2, -0.15) is 9.57 Å². The molecule has 2 heterocycles. The summed E-state index contributed by atoms with van der Waals surface area (Å²) in [7, 11) is -3.57. The van der Waals surface area contributed by atoms with Gasteiger partial charge in [0.15, 0.2) is 0 Å². The molecular formula is C17H17N3O3S. The number of rotatable bonds is 4. The Bertz CT molecular complexity index is 873. The fourth-order valence-electron chi connectivity index (χ4n) is 2.62. The van der Waals surface area contributed by atoms with Crippen LogP contribution in [0.2, 0.25) is 0 Å². The third kappa shape index (κ3) is 3.40. The molecule has 124 valence electrons. The van der Waals surface area contributed by atoms with Crippen molar-refractivity contribution in [3.63, 3.8) is 0 Å². The molecule has 1 atom stereocenters. The van der Waals surface area contributed by atoms with Crippen molar-refractivity contribution in [2.24, 2.45) is 0 Å². The van der Waals surface area contributed by atoms with E-state index < -0.39 is 10.0 Å². The van der Waals surface area contributed by atoms with E-state index in [1.165, 1.54) is 28.6 Å². The lowest BCUT2D eigenvalue weighted by Crippen LogP contribution is -2.31. The van der Waals surface area contributed by atoms with Gasteiger partial charge in [-0.25, -0.2) is 13.4 Å². The first kappa shape index (κ1) is 16.4. The molecule has 7 heteroatoms. The first-order chi connectivity index (χ1) is 11.5. The number of aromatic nitrogens is 1. The number of aryl methyl sites for hydroxylation is 1. The number of sulfonamides is 1. The van der Waals surface area contributed by atoms with Gasteiger partial charge in [-0.3, -0.25) is 0 Å². The van der Waals surface area contributed by atoms with E-state index in [4.69, 9.17) is 10.00 Å². The molecule has 24 heavy (non-hydrogen) atoms. The van der Waals surface area contributed by atoms with Crippen LogP contribution in [0.4, 0.5) is 0 Å². The monoisotopic (exact) mass is 343 g/mol. The minimum absolute atomic E-state index is 0.191. The number of ether oxygens (including phenoxy) is 1. The Morgan fingerprint density at radius 2 is 2.00 bits per heavy atom. The first-order valence-electron chi connectivity index (χ1n) is 7.60. The zero-order valence-corrected chi connectivity index (χ0v) is 14.0. The molecule has 1 aromatic carbocycles. The fourth-order valence-corrected chi connectivity index (χ4v) is 4.10. The van der Waals surface area contributed by atoms with E-state index in [0.29, 0.717) is 24.4 Å². The minimum Gasteiger partial charge on any atom is -0.473 e. The molecule has 1 aliphatic heterocycles. The summed E-state index contributed by atoms with van der Waals surface area (Å²) in [6, 6.07) is 13.4. The van der Waals surface area contributed by atoms with E-state index in [0.717, 1.165) is 5.69 Å². The summed E-state index contributed by atoms with van der Waals surface area (Å²) in [6.07, 6.45) is 0.401. The second-order valence-corrected chi connectivity index (χ2v) is 7.58. The van der Waals surface area contributed by atoms with E-state index in [1.807, 2.05) is 25.1 Å². The van der Waals surface area contributed by atoms with Gasteiger partial charge in [-0.15, -0.1) is 0 Å². The zero-order valence-electron chi connectivity index (χ0n) is 13.2. The molecule has 0 N–H and O–H groups in total. The molecule has 6 nitrogen and oxygen atoms in total. The number of benzene rings is 1. The van der Waals surface area contributed by atoms with E-state index in [1.54, 1.807) is 6.07 Å². The van der Waals surface area contributed by atoms with Crippen molar-refractivity contribution in [3.8, 4) is 11.9 Å². The van der Waals surface area contributed by atoms with Crippen LogP contribution in [0.3, 0.4) is 0 Å². The average molecular weight is 343 g/mol. The average Bonchev–Trinajstić information content (AvgIpc) is 3.04. The van der Waals surface area contributed by atoms with E-state index >= 15 is 0 Å². The Labute approximate surface area is 141 Å². The molecule has 1 aliphatic rings. The Kier molecular flexibility index (Phi) is 4.51. The third-order valence-corrected chi connectivity index (χ3v) is 5.76. The highest BCUT2D eigenvalue weighted by atomic mass is 32.2. The lowest BCUT2D eigenvalue weighted by molar-refractivity contribution is 0.206. The maximum absolute atomic E-state index is 12.7. The molecule has 2 aromatic rings. The molecule has 0 spiro atoms. The van der Waals surface area contributed by atoms with Crippen LogP contribution in [0, 0.1) is 18.3 Å². The Hall–Kier alpha value is -2.43. The molecule has 0 saturated carbocycles. The number of hydrogen-bond acceptors (Lipinski definition) is 5. The van der Waals surface area contributed by atoms with Crippen LogP contribution in [-0.2, 0) is 10.0 Å². The second kappa shape index (κ2) is 6.59. The number of pyridine rings is 1. The van der Waals surface area contributed by atoms with Gasteiger partial charge in [0.25, 0.3) is 0 Å². The molecule has 1 fully saturated rings. The molecule has 0 bridgehead atoms. The zero-order chi connectivity index (χ0) is 17.2.